The fourth-order valence-corrected chi connectivity index (χ4v) is 2.87. The number of hydrogen-bond acceptors (Lipinski definition) is 5. The van der Waals surface area contributed by atoms with E-state index in [1.807, 2.05) is 34.6 Å². The molecule has 1 heterocycles. The zero-order valence-corrected chi connectivity index (χ0v) is 15.6. The Kier molecular flexibility index (Phi) is 5.25. The van der Waals surface area contributed by atoms with Gasteiger partial charge in [0.15, 0.2) is 0 Å². The van der Waals surface area contributed by atoms with E-state index in [1.54, 1.807) is 17.0 Å². The van der Waals surface area contributed by atoms with Gasteiger partial charge in [0.05, 0.1) is 4.92 Å². The zero-order chi connectivity index (χ0) is 18.8. The van der Waals surface area contributed by atoms with Crippen molar-refractivity contribution in [2.75, 3.05) is 18.4 Å². The molecule has 0 spiro atoms. The molecule has 7 heteroatoms. The summed E-state index contributed by atoms with van der Waals surface area (Å²) in [6, 6.07) is 5.05. The van der Waals surface area contributed by atoms with Crippen LogP contribution in [0.3, 0.4) is 0 Å². The maximum Gasteiger partial charge on any atom is 0.410 e. The highest BCUT2D eigenvalue weighted by atomic mass is 16.6. The number of amides is 1. The first-order valence-electron chi connectivity index (χ1n) is 8.50. The van der Waals surface area contributed by atoms with Crippen molar-refractivity contribution >= 4 is 17.5 Å². The van der Waals surface area contributed by atoms with Crippen molar-refractivity contribution in [1.29, 1.82) is 0 Å². The molecule has 1 saturated heterocycles. The van der Waals surface area contributed by atoms with Crippen LogP contribution in [0.1, 0.15) is 46.1 Å². The lowest BCUT2D eigenvalue weighted by Crippen LogP contribution is -2.50. The molecule has 1 N–H and O–H groups in total. The predicted molar refractivity (Wildman–Crippen MR) is 96.9 cm³/mol. The number of nitrogens with zero attached hydrogens (tertiary/aromatic N) is 2. The van der Waals surface area contributed by atoms with Crippen molar-refractivity contribution in [3.8, 4) is 0 Å². The third-order valence-corrected chi connectivity index (χ3v) is 4.30. The second kappa shape index (κ2) is 6.90. The summed E-state index contributed by atoms with van der Waals surface area (Å²) in [5, 5.41) is 14.6. The minimum Gasteiger partial charge on any atom is -0.444 e. The first-order chi connectivity index (χ1) is 11.5. The first kappa shape index (κ1) is 19.0. The molecular weight excluding hydrogens is 322 g/mol. The summed E-state index contributed by atoms with van der Waals surface area (Å²) < 4.78 is 5.41. The Labute approximate surface area is 148 Å². The Morgan fingerprint density at radius 2 is 1.92 bits per heavy atom. The average molecular weight is 349 g/mol. The Morgan fingerprint density at radius 1 is 1.32 bits per heavy atom. The summed E-state index contributed by atoms with van der Waals surface area (Å²) in [6.45, 7) is 10.6. The number of piperidine rings is 1. The number of aryl methyl sites for hydroxylation is 1. The largest absolute Gasteiger partial charge is 0.444 e. The van der Waals surface area contributed by atoms with Gasteiger partial charge in [-0.05, 0) is 59.1 Å². The quantitative estimate of drug-likeness (QED) is 0.656. The first-order valence-corrected chi connectivity index (χ1v) is 8.50. The number of anilines is 1. The average Bonchev–Trinajstić information content (AvgIpc) is 2.45. The van der Waals surface area contributed by atoms with Crippen molar-refractivity contribution in [2.24, 2.45) is 0 Å². The highest BCUT2D eigenvalue weighted by Gasteiger charge is 2.34. The molecule has 1 aromatic carbocycles. The van der Waals surface area contributed by atoms with Crippen molar-refractivity contribution in [3.63, 3.8) is 0 Å². The fourth-order valence-electron chi connectivity index (χ4n) is 2.87. The van der Waals surface area contributed by atoms with Crippen LogP contribution in [0.25, 0.3) is 0 Å². The van der Waals surface area contributed by atoms with Crippen LogP contribution in [0.2, 0.25) is 0 Å². The normalized spacial score (nSPS) is 17.1. The highest BCUT2D eigenvalue weighted by Crippen LogP contribution is 2.32. The zero-order valence-electron chi connectivity index (χ0n) is 15.6. The van der Waals surface area contributed by atoms with Crippen LogP contribution in [-0.2, 0) is 4.74 Å². The van der Waals surface area contributed by atoms with Crippen molar-refractivity contribution in [1.82, 2.24) is 4.90 Å². The number of nitrogens with one attached hydrogen (secondary N) is 1. The Morgan fingerprint density at radius 3 is 2.44 bits per heavy atom. The Balaban J connectivity index is 2.05. The number of carbonyl (C=O) groups excluding carboxylic acids is 1. The number of carbonyl (C=O) groups is 1. The van der Waals surface area contributed by atoms with Gasteiger partial charge in [-0.1, -0.05) is 6.07 Å². The van der Waals surface area contributed by atoms with Gasteiger partial charge in [0, 0.05) is 24.7 Å². The van der Waals surface area contributed by atoms with Gasteiger partial charge in [-0.15, -0.1) is 0 Å². The summed E-state index contributed by atoms with van der Waals surface area (Å²) >= 11 is 0. The second-order valence-electron chi connectivity index (χ2n) is 7.93. The molecule has 1 amide bonds. The fraction of sp³-hybridized carbons (Fsp3) is 0.611. The lowest BCUT2D eigenvalue weighted by Gasteiger charge is -2.40. The smallest absolute Gasteiger partial charge is 0.410 e. The van der Waals surface area contributed by atoms with Gasteiger partial charge in [0.1, 0.15) is 11.3 Å². The standard InChI is InChI=1S/C18H27N3O4/c1-13-6-7-15(21(23)24)14(12-13)19-18(5)8-10-20(11-9-18)16(22)25-17(2,3)4/h6-7,12,19H,8-11H2,1-5H3. The van der Waals surface area contributed by atoms with Gasteiger partial charge >= 0.3 is 6.09 Å². The molecule has 1 aromatic rings. The summed E-state index contributed by atoms with van der Waals surface area (Å²) in [5.74, 6) is 0. The van der Waals surface area contributed by atoms with Crippen molar-refractivity contribution in [3.05, 3.63) is 33.9 Å². The van der Waals surface area contributed by atoms with E-state index in [0.717, 1.165) is 5.56 Å². The molecule has 138 valence electrons. The van der Waals surface area contributed by atoms with Gasteiger partial charge in [-0.3, -0.25) is 10.1 Å². The maximum atomic E-state index is 12.2. The number of nitro groups is 1. The molecule has 0 aromatic heterocycles. The molecule has 7 nitrogen and oxygen atoms in total. The van der Waals surface area contributed by atoms with E-state index >= 15 is 0 Å². The Bertz CT molecular complexity index is 659. The monoisotopic (exact) mass is 349 g/mol. The molecule has 1 fully saturated rings. The van der Waals surface area contributed by atoms with Crippen molar-refractivity contribution in [2.45, 2.75) is 58.6 Å². The molecule has 25 heavy (non-hydrogen) atoms. The summed E-state index contributed by atoms with van der Waals surface area (Å²) in [7, 11) is 0. The summed E-state index contributed by atoms with van der Waals surface area (Å²) in [4.78, 5) is 24.7. The molecule has 0 aliphatic carbocycles. The van der Waals surface area contributed by atoms with E-state index in [2.05, 4.69) is 5.32 Å². The molecular formula is C18H27N3O4. The SMILES string of the molecule is Cc1ccc([N+](=O)[O-])c(NC2(C)CCN(C(=O)OC(C)(C)C)CC2)c1. The van der Waals surface area contributed by atoms with E-state index < -0.39 is 5.60 Å². The molecule has 0 saturated carbocycles. The number of ether oxygens (including phenoxy) is 1. The van der Waals surface area contributed by atoms with E-state index in [0.29, 0.717) is 31.6 Å². The molecule has 2 rings (SSSR count). The van der Waals surface area contributed by atoms with Crippen LogP contribution in [0, 0.1) is 17.0 Å². The second-order valence-corrected chi connectivity index (χ2v) is 7.93. The summed E-state index contributed by atoms with van der Waals surface area (Å²) in [5.41, 5.74) is 0.734. The maximum absolute atomic E-state index is 12.2. The molecule has 0 unspecified atom stereocenters. The van der Waals surface area contributed by atoms with Crippen LogP contribution in [0.15, 0.2) is 18.2 Å². The van der Waals surface area contributed by atoms with Crippen LogP contribution < -0.4 is 5.32 Å². The number of likely N-dealkylation sites (tertiary alicyclic amines) is 1. The van der Waals surface area contributed by atoms with Gasteiger partial charge in [0.2, 0.25) is 0 Å². The van der Waals surface area contributed by atoms with Gasteiger partial charge < -0.3 is 15.0 Å². The molecule has 0 radical (unpaired) electrons. The van der Waals surface area contributed by atoms with Crippen LogP contribution in [0.4, 0.5) is 16.2 Å². The molecule has 0 atom stereocenters. The van der Waals surface area contributed by atoms with Gasteiger partial charge in [-0.2, -0.15) is 0 Å². The minimum absolute atomic E-state index is 0.0707. The van der Waals surface area contributed by atoms with Crippen molar-refractivity contribution < 1.29 is 14.5 Å². The third-order valence-electron chi connectivity index (χ3n) is 4.30. The topological polar surface area (TPSA) is 84.7 Å². The summed E-state index contributed by atoms with van der Waals surface area (Å²) in [6.07, 6.45) is 1.07. The van der Waals surface area contributed by atoms with Gasteiger partial charge in [0.25, 0.3) is 5.69 Å². The molecule has 0 bridgehead atoms. The number of nitro benzene ring substituents is 1. The Hall–Kier alpha value is -2.31. The minimum atomic E-state index is -0.516. The van der Waals surface area contributed by atoms with E-state index in [9.17, 15) is 14.9 Å². The van der Waals surface area contributed by atoms with E-state index in [-0.39, 0.29) is 22.2 Å². The number of benzene rings is 1. The van der Waals surface area contributed by atoms with Crippen LogP contribution >= 0.6 is 0 Å². The number of rotatable bonds is 3. The lowest BCUT2D eigenvalue weighted by molar-refractivity contribution is -0.384. The highest BCUT2D eigenvalue weighted by molar-refractivity contribution is 5.68. The third kappa shape index (κ3) is 5.08. The molecule has 1 aliphatic rings. The van der Waals surface area contributed by atoms with Gasteiger partial charge in [-0.25, -0.2) is 4.79 Å². The van der Waals surface area contributed by atoms with E-state index in [4.69, 9.17) is 4.74 Å². The molecule has 1 aliphatic heterocycles. The van der Waals surface area contributed by atoms with E-state index in [1.165, 1.54) is 6.07 Å². The van der Waals surface area contributed by atoms with Crippen LogP contribution in [0.5, 0.6) is 0 Å². The lowest BCUT2D eigenvalue weighted by atomic mass is 9.89. The predicted octanol–water partition coefficient (Wildman–Crippen LogP) is 4.10. The number of hydrogen-bond donors (Lipinski definition) is 1. The van der Waals surface area contributed by atoms with Crippen LogP contribution in [-0.4, -0.2) is 40.1 Å².